The summed E-state index contributed by atoms with van der Waals surface area (Å²) in [7, 11) is 5.39. The molecule has 1 amide bonds. The van der Waals surface area contributed by atoms with Gasteiger partial charge in [0.15, 0.2) is 0 Å². The average Bonchev–Trinajstić information content (AvgIpc) is 2.47. The first-order chi connectivity index (χ1) is 10.5. The van der Waals surface area contributed by atoms with E-state index in [1.54, 1.807) is 18.2 Å². The molecule has 1 rings (SSSR count). The highest BCUT2D eigenvalue weighted by molar-refractivity contribution is 6.32. The van der Waals surface area contributed by atoms with Crippen LogP contribution in [-0.4, -0.2) is 45.1 Å². The zero-order valence-electron chi connectivity index (χ0n) is 12.8. The number of ether oxygens (including phenoxy) is 1. The standard InChI is InChI=1S/C15H19ClN4O2/c1-20(2)7-6-18-10-11(9-17)15(21)19-12-4-5-14(22-3)13(16)8-12/h4-5,8,10,18H,6-7H2,1-3H3,(H,19,21)/b11-10-. The number of hydrogen-bond acceptors (Lipinski definition) is 5. The molecule has 0 aliphatic heterocycles. The number of benzene rings is 1. The highest BCUT2D eigenvalue weighted by Gasteiger charge is 2.10. The lowest BCUT2D eigenvalue weighted by Gasteiger charge is -2.09. The van der Waals surface area contributed by atoms with Crippen LogP contribution in [0.1, 0.15) is 0 Å². The summed E-state index contributed by atoms with van der Waals surface area (Å²) in [5.41, 5.74) is 0.482. The van der Waals surface area contributed by atoms with E-state index in [0.717, 1.165) is 6.54 Å². The number of anilines is 1. The van der Waals surface area contributed by atoms with Gasteiger partial charge in [0.2, 0.25) is 0 Å². The Balaban J connectivity index is 2.67. The Labute approximate surface area is 135 Å². The third kappa shape index (κ3) is 5.64. The van der Waals surface area contributed by atoms with Crippen LogP contribution in [0, 0.1) is 11.3 Å². The van der Waals surface area contributed by atoms with Crippen molar-refractivity contribution in [3.05, 3.63) is 35.0 Å². The fraction of sp³-hybridized carbons (Fsp3) is 0.333. The molecule has 0 radical (unpaired) electrons. The van der Waals surface area contributed by atoms with Crippen LogP contribution < -0.4 is 15.4 Å². The monoisotopic (exact) mass is 322 g/mol. The van der Waals surface area contributed by atoms with Gasteiger partial charge in [-0.1, -0.05) is 11.6 Å². The van der Waals surface area contributed by atoms with E-state index in [2.05, 4.69) is 10.6 Å². The van der Waals surface area contributed by atoms with Crippen LogP contribution >= 0.6 is 11.6 Å². The Morgan fingerprint density at radius 3 is 2.77 bits per heavy atom. The normalized spacial score (nSPS) is 11.0. The zero-order chi connectivity index (χ0) is 16.5. The lowest BCUT2D eigenvalue weighted by molar-refractivity contribution is -0.112. The van der Waals surface area contributed by atoms with Gasteiger partial charge in [0.05, 0.1) is 12.1 Å². The fourth-order valence-corrected chi connectivity index (χ4v) is 1.81. The van der Waals surface area contributed by atoms with Crippen molar-refractivity contribution in [3.63, 3.8) is 0 Å². The predicted octanol–water partition coefficient (Wildman–Crippen LogP) is 1.85. The maximum Gasteiger partial charge on any atom is 0.267 e. The summed E-state index contributed by atoms with van der Waals surface area (Å²) in [6.07, 6.45) is 1.41. The predicted molar refractivity (Wildman–Crippen MR) is 86.9 cm³/mol. The SMILES string of the molecule is COc1ccc(NC(=O)/C(C#N)=C\NCCN(C)C)cc1Cl. The second kappa shape index (κ2) is 8.93. The molecule has 0 unspecified atom stereocenters. The molecule has 0 fully saturated rings. The molecule has 0 bridgehead atoms. The number of amides is 1. The van der Waals surface area contributed by atoms with Gasteiger partial charge in [-0.3, -0.25) is 4.79 Å². The number of nitrogens with one attached hydrogen (secondary N) is 2. The summed E-state index contributed by atoms with van der Waals surface area (Å²) in [6.45, 7) is 1.44. The Hall–Kier alpha value is -2.23. The summed E-state index contributed by atoms with van der Waals surface area (Å²) in [6, 6.07) is 6.72. The van der Waals surface area contributed by atoms with Crippen molar-refractivity contribution in [2.24, 2.45) is 0 Å². The number of methoxy groups -OCH3 is 1. The first kappa shape index (κ1) is 17.8. The Morgan fingerprint density at radius 1 is 1.50 bits per heavy atom. The van der Waals surface area contributed by atoms with E-state index in [1.807, 2.05) is 25.1 Å². The minimum absolute atomic E-state index is 0.00861. The Morgan fingerprint density at radius 2 is 2.23 bits per heavy atom. The molecule has 22 heavy (non-hydrogen) atoms. The summed E-state index contributed by atoms with van der Waals surface area (Å²) in [5.74, 6) is 0.0159. The minimum Gasteiger partial charge on any atom is -0.495 e. The van der Waals surface area contributed by atoms with Gasteiger partial charge in [0.1, 0.15) is 17.4 Å². The molecule has 0 spiro atoms. The Kier molecular flexibility index (Phi) is 7.23. The van der Waals surface area contributed by atoms with E-state index in [0.29, 0.717) is 23.0 Å². The third-order valence-electron chi connectivity index (χ3n) is 2.72. The van der Waals surface area contributed by atoms with Crippen molar-refractivity contribution in [3.8, 4) is 11.8 Å². The molecule has 0 saturated heterocycles. The summed E-state index contributed by atoms with van der Waals surface area (Å²) in [5, 5.41) is 15.0. The van der Waals surface area contributed by atoms with Crippen molar-refractivity contribution < 1.29 is 9.53 Å². The summed E-state index contributed by atoms with van der Waals surface area (Å²) in [4.78, 5) is 14.0. The van der Waals surface area contributed by atoms with Crippen molar-refractivity contribution in [1.82, 2.24) is 10.2 Å². The second-order valence-corrected chi connectivity index (χ2v) is 5.14. The number of carbonyl (C=O) groups is 1. The van der Waals surface area contributed by atoms with E-state index in [-0.39, 0.29) is 5.57 Å². The maximum atomic E-state index is 12.0. The average molecular weight is 323 g/mol. The molecule has 6 nitrogen and oxygen atoms in total. The first-order valence-corrected chi connectivity index (χ1v) is 6.99. The molecule has 1 aromatic rings. The molecule has 0 aliphatic carbocycles. The van der Waals surface area contributed by atoms with E-state index >= 15 is 0 Å². The third-order valence-corrected chi connectivity index (χ3v) is 3.02. The molecule has 2 N–H and O–H groups in total. The molecule has 0 heterocycles. The van der Waals surface area contributed by atoms with Crippen LogP contribution in [0.15, 0.2) is 30.0 Å². The van der Waals surface area contributed by atoms with Gasteiger partial charge in [0, 0.05) is 25.0 Å². The number of nitriles is 1. The molecular formula is C15H19ClN4O2. The fourth-order valence-electron chi connectivity index (χ4n) is 1.55. The van der Waals surface area contributed by atoms with Gasteiger partial charge < -0.3 is 20.3 Å². The van der Waals surface area contributed by atoms with E-state index < -0.39 is 5.91 Å². The van der Waals surface area contributed by atoms with E-state index in [1.165, 1.54) is 13.3 Å². The topological polar surface area (TPSA) is 77.4 Å². The number of likely N-dealkylation sites (N-methyl/N-ethyl adjacent to an activating group) is 1. The lowest BCUT2D eigenvalue weighted by Crippen LogP contribution is -2.24. The maximum absolute atomic E-state index is 12.0. The highest BCUT2D eigenvalue weighted by Crippen LogP contribution is 2.27. The molecule has 0 aliphatic rings. The molecule has 118 valence electrons. The second-order valence-electron chi connectivity index (χ2n) is 4.73. The largest absolute Gasteiger partial charge is 0.495 e. The van der Waals surface area contributed by atoms with Crippen LogP contribution in [0.2, 0.25) is 5.02 Å². The number of hydrogen-bond donors (Lipinski definition) is 2. The first-order valence-electron chi connectivity index (χ1n) is 6.61. The van der Waals surface area contributed by atoms with Gasteiger partial charge in [-0.2, -0.15) is 5.26 Å². The van der Waals surface area contributed by atoms with Gasteiger partial charge >= 0.3 is 0 Å². The van der Waals surface area contributed by atoms with Crippen LogP contribution in [-0.2, 0) is 4.79 Å². The molecular weight excluding hydrogens is 304 g/mol. The molecule has 1 aromatic carbocycles. The number of halogens is 1. The van der Waals surface area contributed by atoms with E-state index in [9.17, 15) is 4.79 Å². The summed E-state index contributed by atoms with van der Waals surface area (Å²) < 4.78 is 5.04. The molecule has 0 atom stereocenters. The van der Waals surface area contributed by atoms with Crippen molar-refractivity contribution in [2.45, 2.75) is 0 Å². The lowest BCUT2D eigenvalue weighted by atomic mass is 10.2. The van der Waals surface area contributed by atoms with E-state index in [4.69, 9.17) is 21.6 Å². The molecule has 0 saturated carbocycles. The highest BCUT2D eigenvalue weighted by atomic mass is 35.5. The van der Waals surface area contributed by atoms with Crippen LogP contribution in [0.5, 0.6) is 5.75 Å². The zero-order valence-corrected chi connectivity index (χ0v) is 13.6. The van der Waals surface area contributed by atoms with Crippen LogP contribution in [0.3, 0.4) is 0 Å². The number of rotatable bonds is 7. The smallest absolute Gasteiger partial charge is 0.267 e. The molecule has 0 aromatic heterocycles. The van der Waals surface area contributed by atoms with Crippen LogP contribution in [0.4, 0.5) is 5.69 Å². The van der Waals surface area contributed by atoms with Crippen molar-refractivity contribution in [1.29, 1.82) is 5.26 Å². The van der Waals surface area contributed by atoms with Crippen LogP contribution in [0.25, 0.3) is 0 Å². The van der Waals surface area contributed by atoms with Gasteiger partial charge in [-0.05, 0) is 32.3 Å². The van der Waals surface area contributed by atoms with Gasteiger partial charge in [-0.25, -0.2) is 0 Å². The number of nitrogens with zero attached hydrogens (tertiary/aromatic N) is 2. The summed E-state index contributed by atoms with van der Waals surface area (Å²) >= 11 is 5.99. The van der Waals surface area contributed by atoms with Crippen molar-refractivity contribution >= 4 is 23.2 Å². The van der Waals surface area contributed by atoms with Gasteiger partial charge in [0.25, 0.3) is 5.91 Å². The Bertz CT molecular complexity index is 594. The quantitative estimate of drug-likeness (QED) is 0.455. The molecule has 7 heteroatoms. The number of carbonyl (C=O) groups excluding carboxylic acids is 1. The minimum atomic E-state index is -0.499. The van der Waals surface area contributed by atoms with Crippen molar-refractivity contribution in [2.75, 3.05) is 39.6 Å². The van der Waals surface area contributed by atoms with Gasteiger partial charge in [-0.15, -0.1) is 0 Å².